The number of aromatic hydroxyl groups is 1. The summed E-state index contributed by atoms with van der Waals surface area (Å²) in [4.78, 5) is 26.2. The van der Waals surface area contributed by atoms with Crippen molar-refractivity contribution >= 4 is 11.9 Å². The van der Waals surface area contributed by atoms with Gasteiger partial charge in [0, 0.05) is 19.6 Å². The highest BCUT2D eigenvalue weighted by Crippen LogP contribution is 2.40. The van der Waals surface area contributed by atoms with Crippen molar-refractivity contribution < 1.29 is 19.8 Å². The number of likely N-dealkylation sites (tertiary alicyclic amines) is 1. The third-order valence-corrected chi connectivity index (χ3v) is 7.90. The SMILES string of the molecule is CC1CN(CC(CC2CCCCC2)C(=O)NCCC(=O)O)CCC1(C)c1cccc(O)c1. The van der Waals surface area contributed by atoms with Crippen LogP contribution < -0.4 is 5.32 Å². The highest BCUT2D eigenvalue weighted by molar-refractivity contribution is 5.79. The standard InChI is InChI=1S/C26H40N2O4/c1-19-17-28(14-12-26(19,2)22-9-6-10-23(29)16-22)18-21(15-20-7-4-3-5-8-20)25(32)27-13-11-24(30)31/h6,9-10,16,19-21,29H,3-5,7-8,11-15,17-18H2,1-2H3,(H,27,32)(H,30,31). The molecule has 6 heteroatoms. The van der Waals surface area contributed by atoms with E-state index in [4.69, 9.17) is 5.11 Å². The molecular weight excluding hydrogens is 404 g/mol. The fraction of sp³-hybridized carbons (Fsp3) is 0.692. The molecule has 2 aliphatic rings. The van der Waals surface area contributed by atoms with Crippen LogP contribution in [0.5, 0.6) is 5.75 Å². The van der Waals surface area contributed by atoms with Crippen molar-refractivity contribution in [2.24, 2.45) is 17.8 Å². The Labute approximate surface area is 192 Å². The fourth-order valence-electron chi connectivity index (χ4n) is 5.61. The number of rotatable bonds is 9. The van der Waals surface area contributed by atoms with Crippen molar-refractivity contribution in [1.29, 1.82) is 0 Å². The van der Waals surface area contributed by atoms with Crippen molar-refractivity contribution in [3.8, 4) is 5.75 Å². The van der Waals surface area contributed by atoms with Gasteiger partial charge in [-0.3, -0.25) is 9.59 Å². The van der Waals surface area contributed by atoms with Gasteiger partial charge in [0.1, 0.15) is 5.75 Å². The number of carboxylic acids is 1. The highest BCUT2D eigenvalue weighted by Gasteiger charge is 2.39. The molecule has 3 unspecified atom stereocenters. The maximum absolute atomic E-state index is 13.0. The molecule has 1 aromatic carbocycles. The molecule has 0 radical (unpaired) electrons. The first-order valence-corrected chi connectivity index (χ1v) is 12.3. The molecule has 32 heavy (non-hydrogen) atoms. The van der Waals surface area contributed by atoms with E-state index in [2.05, 4.69) is 30.1 Å². The smallest absolute Gasteiger partial charge is 0.305 e. The van der Waals surface area contributed by atoms with Crippen molar-refractivity contribution in [3.05, 3.63) is 29.8 Å². The Morgan fingerprint density at radius 1 is 1.25 bits per heavy atom. The van der Waals surface area contributed by atoms with Crippen molar-refractivity contribution in [2.45, 2.75) is 70.6 Å². The quantitative estimate of drug-likeness (QED) is 0.532. The summed E-state index contributed by atoms with van der Waals surface area (Å²) < 4.78 is 0. The van der Waals surface area contributed by atoms with Crippen LogP contribution in [-0.4, -0.2) is 53.2 Å². The van der Waals surface area contributed by atoms with E-state index >= 15 is 0 Å². The van der Waals surface area contributed by atoms with Crippen molar-refractivity contribution in [3.63, 3.8) is 0 Å². The number of nitrogens with zero attached hydrogens (tertiary/aromatic N) is 1. The minimum absolute atomic E-state index is 0.00213. The van der Waals surface area contributed by atoms with E-state index in [9.17, 15) is 14.7 Å². The van der Waals surface area contributed by atoms with Crippen LogP contribution >= 0.6 is 0 Å². The van der Waals surface area contributed by atoms with E-state index in [1.165, 1.54) is 37.7 Å². The van der Waals surface area contributed by atoms with E-state index in [0.29, 0.717) is 17.6 Å². The Morgan fingerprint density at radius 3 is 2.66 bits per heavy atom. The van der Waals surface area contributed by atoms with Crippen LogP contribution in [0.25, 0.3) is 0 Å². The minimum atomic E-state index is -0.884. The molecule has 0 spiro atoms. The molecule has 0 aromatic heterocycles. The summed E-state index contributed by atoms with van der Waals surface area (Å²) in [6.07, 6.45) is 8.04. The molecular formula is C26H40N2O4. The fourth-order valence-corrected chi connectivity index (χ4v) is 5.61. The molecule has 1 saturated heterocycles. The number of carboxylic acid groups (broad SMARTS) is 1. The largest absolute Gasteiger partial charge is 0.508 e. The molecule has 3 rings (SSSR count). The molecule has 3 N–H and O–H groups in total. The van der Waals surface area contributed by atoms with Gasteiger partial charge in [0.05, 0.1) is 12.3 Å². The number of carbonyl (C=O) groups is 2. The topological polar surface area (TPSA) is 89.9 Å². The Hall–Kier alpha value is -2.08. The van der Waals surface area contributed by atoms with E-state index in [-0.39, 0.29) is 30.2 Å². The number of nitrogens with one attached hydrogen (secondary N) is 1. The monoisotopic (exact) mass is 444 g/mol. The number of benzene rings is 1. The lowest BCUT2D eigenvalue weighted by Crippen LogP contribution is -2.50. The van der Waals surface area contributed by atoms with Gasteiger partial charge >= 0.3 is 5.97 Å². The average molecular weight is 445 g/mol. The summed E-state index contributed by atoms with van der Waals surface area (Å²) in [5.74, 6) is 0.325. The number of aliphatic carboxylic acids is 1. The van der Waals surface area contributed by atoms with Crippen LogP contribution in [0.2, 0.25) is 0 Å². The number of hydrogen-bond acceptors (Lipinski definition) is 4. The van der Waals surface area contributed by atoms with Gasteiger partial charge in [0.2, 0.25) is 5.91 Å². The molecule has 1 saturated carbocycles. The summed E-state index contributed by atoms with van der Waals surface area (Å²) in [6, 6.07) is 7.61. The van der Waals surface area contributed by atoms with Crippen LogP contribution in [0.1, 0.15) is 70.8 Å². The third kappa shape index (κ3) is 6.47. The highest BCUT2D eigenvalue weighted by atomic mass is 16.4. The van der Waals surface area contributed by atoms with E-state index in [1.54, 1.807) is 6.07 Å². The second kappa shape index (κ2) is 11.2. The van der Waals surface area contributed by atoms with Crippen LogP contribution in [0.4, 0.5) is 0 Å². The lowest BCUT2D eigenvalue weighted by Gasteiger charge is -2.46. The van der Waals surface area contributed by atoms with Crippen LogP contribution in [0, 0.1) is 17.8 Å². The number of carbonyl (C=O) groups excluding carboxylic acids is 1. The molecule has 1 aliphatic carbocycles. The summed E-state index contributed by atoms with van der Waals surface area (Å²) in [5.41, 5.74) is 1.17. The molecule has 1 aromatic rings. The average Bonchev–Trinajstić information content (AvgIpc) is 2.76. The number of amides is 1. The normalized spacial score (nSPS) is 25.9. The van der Waals surface area contributed by atoms with Crippen LogP contribution in [0.15, 0.2) is 24.3 Å². The predicted molar refractivity (Wildman–Crippen MR) is 126 cm³/mol. The van der Waals surface area contributed by atoms with Crippen LogP contribution in [0.3, 0.4) is 0 Å². The number of piperidine rings is 1. The Kier molecular flexibility index (Phi) is 8.57. The molecule has 0 bridgehead atoms. The van der Waals surface area contributed by atoms with Crippen LogP contribution in [-0.2, 0) is 15.0 Å². The molecule has 178 valence electrons. The second-order valence-electron chi connectivity index (χ2n) is 10.2. The summed E-state index contributed by atoms with van der Waals surface area (Å²) in [5, 5.41) is 21.7. The minimum Gasteiger partial charge on any atom is -0.508 e. The zero-order chi connectivity index (χ0) is 23.1. The third-order valence-electron chi connectivity index (χ3n) is 7.90. The molecule has 2 fully saturated rings. The van der Waals surface area contributed by atoms with Gasteiger partial charge in [-0.2, -0.15) is 0 Å². The predicted octanol–water partition coefficient (Wildman–Crippen LogP) is 4.17. The first kappa shape index (κ1) is 24.6. The zero-order valence-electron chi connectivity index (χ0n) is 19.7. The summed E-state index contributed by atoms with van der Waals surface area (Å²) >= 11 is 0. The Bertz CT molecular complexity index is 777. The Morgan fingerprint density at radius 2 is 2.00 bits per heavy atom. The molecule has 1 aliphatic heterocycles. The summed E-state index contributed by atoms with van der Waals surface area (Å²) in [6.45, 7) is 7.30. The Balaban J connectivity index is 1.63. The maximum atomic E-state index is 13.0. The van der Waals surface area contributed by atoms with Gasteiger partial charge in [0.25, 0.3) is 0 Å². The van der Waals surface area contributed by atoms with E-state index in [1.807, 2.05) is 12.1 Å². The molecule has 6 nitrogen and oxygen atoms in total. The van der Waals surface area contributed by atoms with Crippen molar-refractivity contribution in [1.82, 2.24) is 10.2 Å². The number of phenols is 1. The van der Waals surface area contributed by atoms with Gasteiger partial charge in [0.15, 0.2) is 0 Å². The van der Waals surface area contributed by atoms with E-state index in [0.717, 1.165) is 32.5 Å². The number of phenolic OH excluding ortho intramolecular Hbond substituents is 1. The molecule has 1 heterocycles. The first-order valence-electron chi connectivity index (χ1n) is 12.3. The van der Waals surface area contributed by atoms with Gasteiger partial charge in [-0.05, 0) is 54.3 Å². The lowest BCUT2D eigenvalue weighted by molar-refractivity contribution is -0.137. The lowest BCUT2D eigenvalue weighted by atomic mass is 9.68. The molecule has 3 atom stereocenters. The second-order valence-corrected chi connectivity index (χ2v) is 10.2. The zero-order valence-corrected chi connectivity index (χ0v) is 19.7. The summed E-state index contributed by atoms with van der Waals surface area (Å²) in [7, 11) is 0. The maximum Gasteiger partial charge on any atom is 0.305 e. The van der Waals surface area contributed by atoms with Gasteiger partial charge in [-0.1, -0.05) is 58.1 Å². The van der Waals surface area contributed by atoms with E-state index < -0.39 is 5.97 Å². The van der Waals surface area contributed by atoms with Gasteiger partial charge in [-0.25, -0.2) is 0 Å². The molecule has 1 amide bonds. The van der Waals surface area contributed by atoms with Crippen molar-refractivity contribution in [2.75, 3.05) is 26.2 Å². The number of hydrogen-bond donors (Lipinski definition) is 3. The first-order chi connectivity index (χ1) is 15.3. The van der Waals surface area contributed by atoms with Gasteiger partial charge < -0.3 is 20.4 Å². The van der Waals surface area contributed by atoms with Gasteiger partial charge in [-0.15, -0.1) is 0 Å².